The molecule has 148 valence electrons. The molecule has 2 aromatic rings. The van der Waals surface area contributed by atoms with Crippen LogP contribution in [0, 0.1) is 12.8 Å². The van der Waals surface area contributed by atoms with Crippen molar-refractivity contribution in [1.29, 1.82) is 0 Å². The SMILES string of the molecule is Cc1cc2c(cn1)CN(C(=O)[C@@H]1C[C@H]3CCCN3[C@]13C(=O)Nc1ccccc13)C2. The van der Waals surface area contributed by atoms with E-state index in [1.807, 2.05) is 42.3 Å². The molecule has 2 amide bonds. The molecule has 1 N–H and O–H groups in total. The summed E-state index contributed by atoms with van der Waals surface area (Å²) in [6, 6.07) is 10.3. The van der Waals surface area contributed by atoms with E-state index in [1.165, 1.54) is 5.56 Å². The highest BCUT2D eigenvalue weighted by Gasteiger charge is 2.65. The molecule has 5 heterocycles. The van der Waals surface area contributed by atoms with Crippen molar-refractivity contribution in [2.24, 2.45) is 5.92 Å². The number of hydrogen-bond donors (Lipinski definition) is 1. The van der Waals surface area contributed by atoms with E-state index in [0.29, 0.717) is 19.1 Å². The maximum Gasteiger partial charge on any atom is 0.250 e. The van der Waals surface area contributed by atoms with Gasteiger partial charge in [0.05, 0.1) is 5.92 Å². The summed E-state index contributed by atoms with van der Waals surface area (Å²) in [7, 11) is 0. The molecule has 2 fully saturated rings. The van der Waals surface area contributed by atoms with Gasteiger partial charge >= 0.3 is 0 Å². The van der Waals surface area contributed by atoms with Crippen LogP contribution in [-0.2, 0) is 28.2 Å². The highest BCUT2D eigenvalue weighted by Crippen LogP contribution is 2.55. The van der Waals surface area contributed by atoms with Crippen molar-refractivity contribution < 1.29 is 9.59 Å². The third kappa shape index (κ3) is 2.18. The average molecular weight is 388 g/mol. The molecule has 0 radical (unpaired) electrons. The number of aryl methyl sites for hydroxylation is 1. The number of pyridine rings is 1. The Morgan fingerprint density at radius 2 is 2.07 bits per heavy atom. The first-order valence-corrected chi connectivity index (χ1v) is 10.5. The van der Waals surface area contributed by atoms with Crippen LogP contribution in [0.2, 0.25) is 0 Å². The molecule has 2 saturated heterocycles. The number of rotatable bonds is 1. The van der Waals surface area contributed by atoms with Gasteiger partial charge in [0.2, 0.25) is 11.8 Å². The third-order valence-corrected chi connectivity index (χ3v) is 7.33. The zero-order valence-electron chi connectivity index (χ0n) is 16.5. The van der Waals surface area contributed by atoms with Gasteiger partial charge in [-0.25, -0.2) is 0 Å². The summed E-state index contributed by atoms with van der Waals surface area (Å²) < 4.78 is 0. The van der Waals surface area contributed by atoms with E-state index in [1.54, 1.807) is 0 Å². The summed E-state index contributed by atoms with van der Waals surface area (Å²) in [5.41, 5.74) is 4.23. The Morgan fingerprint density at radius 1 is 1.24 bits per heavy atom. The molecular weight excluding hydrogens is 364 g/mol. The molecule has 0 unspecified atom stereocenters. The molecule has 1 aromatic heterocycles. The molecule has 0 saturated carbocycles. The number of aromatic nitrogens is 1. The Bertz CT molecular complexity index is 1050. The van der Waals surface area contributed by atoms with Crippen LogP contribution in [0.5, 0.6) is 0 Å². The Balaban J connectivity index is 1.41. The normalized spacial score (nSPS) is 29.8. The minimum atomic E-state index is -0.863. The lowest BCUT2D eigenvalue weighted by Crippen LogP contribution is -2.54. The summed E-state index contributed by atoms with van der Waals surface area (Å²) in [5, 5.41) is 3.08. The van der Waals surface area contributed by atoms with Crippen LogP contribution >= 0.6 is 0 Å². The van der Waals surface area contributed by atoms with Crippen molar-refractivity contribution in [3.63, 3.8) is 0 Å². The molecule has 4 aliphatic heterocycles. The molecule has 1 aromatic carbocycles. The molecule has 1 spiro atoms. The van der Waals surface area contributed by atoms with Crippen LogP contribution < -0.4 is 5.32 Å². The van der Waals surface area contributed by atoms with E-state index in [-0.39, 0.29) is 17.7 Å². The molecule has 29 heavy (non-hydrogen) atoms. The lowest BCUT2D eigenvalue weighted by Gasteiger charge is -2.37. The minimum absolute atomic E-state index is 0.0318. The van der Waals surface area contributed by atoms with Gasteiger partial charge < -0.3 is 10.2 Å². The third-order valence-electron chi connectivity index (χ3n) is 7.33. The summed E-state index contributed by atoms with van der Waals surface area (Å²) in [6.45, 7) is 4.05. The average Bonchev–Trinajstić information content (AvgIpc) is 3.45. The predicted octanol–water partition coefficient (Wildman–Crippen LogP) is 2.56. The number of benzene rings is 1. The highest BCUT2D eigenvalue weighted by atomic mass is 16.2. The van der Waals surface area contributed by atoms with Crippen molar-refractivity contribution in [2.45, 2.75) is 50.9 Å². The second-order valence-electron chi connectivity index (χ2n) is 8.83. The van der Waals surface area contributed by atoms with Crippen molar-refractivity contribution >= 4 is 17.5 Å². The zero-order chi connectivity index (χ0) is 19.8. The van der Waals surface area contributed by atoms with Crippen LogP contribution in [-0.4, -0.2) is 39.2 Å². The molecule has 0 bridgehead atoms. The van der Waals surface area contributed by atoms with Gasteiger partial charge in [-0.3, -0.25) is 19.5 Å². The standard InChI is InChI=1S/C23H24N4O2/c1-14-9-15-12-26(13-16(15)11-24-14)21(28)19-10-17-5-4-8-27(17)23(19)18-6-2-3-7-20(18)25-22(23)29/h2-3,6-7,9,11,17,19H,4-5,8,10,12-13H2,1H3,(H,25,29)/t17-,19+,23+/m1/s1. The molecule has 6 nitrogen and oxygen atoms in total. The van der Waals surface area contributed by atoms with Gasteiger partial charge in [0.15, 0.2) is 0 Å². The maximum atomic E-state index is 13.8. The van der Waals surface area contributed by atoms with Crippen molar-refractivity contribution in [3.8, 4) is 0 Å². The van der Waals surface area contributed by atoms with Crippen LogP contribution in [0.3, 0.4) is 0 Å². The van der Waals surface area contributed by atoms with Crippen LogP contribution in [0.15, 0.2) is 36.5 Å². The number of carbonyl (C=O) groups excluding carboxylic acids is 2. The fraction of sp³-hybridized carbons (Fsp3) is 0.435. The van der Waals surface area contributed by atoms with Gasteiger partial charge in [-0.1, -0.05) is 18.2 Å². The monoisotopic (exact) mass is 388 g/mol. The Morgan fingerprint density at radius 3 is 2.97 bits per heavy atom. The number of fused-ring (bicyclic) bond motifs is 5. The Kier molecular flexibility index (Phi) is 3.48. The predicted molar refractivity (Wildman–Crippen MR) is 108 cm³/mol. The van der Waals surface area contributed by atoms with E-state index in [0.717, 1.165) is 48.3 Å². The number of anilines is 1. The Hall–Kier alpha value is -2.73. The second kappa shape index (κ2) is 5.89. The minimum Gasteiger partial charge on any atom is -0.334 e. The van der Waals surface area contributed by atoms with E-state index < -0.39 is 5.54 Å². The second-order valence-corrected chi connectivity index (χ2v) is 8.83. The van der Waals surface area contributed by atoms with E-state index in [4.69, 9.17) is 0 Å². The first kappa shape index (κ1) is 17.2. The molecular formula is C23H24N4O2. The Labute approximate surface area is 169 Å². The largest absolute Gasteiger partial charge is 0.334 e. The van der Waals surface area contributed by atoms with Gasteiger partial charge in [0, 0.05) is 42.3 Å². The first-order valence-electron chi connectivity index (χ1n) is 10.5. The van der Waals surface area contributed by atoms with Gasteiger partial charge in [-0.15, -0.1) is 0 Å². The lowest BCUT2D eigenvalue weighted by molar-refractivity contribution is -0.144. The summed E-state index contributed by atoms with van der Waals surface area (Å²) in [5.74, 6) is -0.282. The molecule has 6 heteroatoms. The van der Waals surface area contributed by atoms with Gasteiger partial charge in [-0.05, 0) is 56.0 Å². The number of nitrogens with zero attached hydrogens (tertiary/aromatic N) is 3. The van der Waals surface area contributed by atoms with Gasteiger partial charge in [0.25, 0.3) is 0 Å². The number of hydrogen-bond acceptors (Lipinski definition) is 4. The van der Waals surface area contributed by atoms with Gasteiger partial charge in [-0.2, -0.15) is 0 Å². The number of carbonyl (C=O) groups is 2. The topological polar surface area (TPSA) is 65.5 Å². The van der Waals surface area contributed by atoms with Crippen molar-refractivity contribution in [3.05, 3.63) is 58.9 Å². The highest BCUT2D eigenvalue weighted by molar-refractivity contribution is 6.09. The molecule has 0 aliphatic carbocycles. The fourth-order valence-corrected chi connectivity index (χ4v) is 6.14. The lowest BCUT2D eigenvalue weighted by atomic mass is 9.78. The summed E-state index contributed by atoms with van der Waals surface area (Å²) in [6.07, 6.45) is 4.79. The summed E-state index contributed by atoms with van der Waals surface area (Å²) >= 11 is 0. The van der Waals surface area contributed by atoms with Crippen LogP contribution in [0.25, 0.3) is 0 Å². The fourth-order valence-electron chi connectivity index (χ4n) is 6.14. The number of amides is 2. The molecule has 6 rings (SSSR count). The quantitative estimate of drug-likeness (QED) is 0.816. The van der Waals surface area contributed by atoms with E-state index >= 15 is 0 Å². The number of para-hydroxylation sites is 1. The van der Waals surface area contributed by atoms with Crippen LogP contribution in [0.4, 0.5) is 5.69 Å². The maximum absolute atomic E-state index is 13.8. The van der Waals surface area contributed by atoms with Gasteiger partial charge in [0.1, 0.15) is 5.54 Å². The number of nitrogens with one attached hydrogen (secondary N) is 1. The smallest absolute Gasteiger partial charge is 0.250 e. The van der Waals surface area contributed by atoms with E-state index in [2.05, 4.69) is 21.3 Å². The molecule has 4 aliphatic rings. The first-order chi connectivity index (χ1) is 14.1. The zero-order valence-corrected chi connectivity index (χ0v) is 16.5. The van der Waals surface area contributed by atoms with E-state index in [9.17, 15) is 9.59 Å². The van der Waals surface area contributed by atoms with Crippen molar-refractivity contribution in [1.82, 2.24) is 14.8 Å². The molecule has 3 atom stereocenters. The van der Waals surface area contributed by atoms with Crippen molar-refractivity contribution in [2.75, 3.05) is 11.9 Å². The summed E-state index contributed by atoms with van der Waals surface area (Å²) in [4.78, 5) is 35.9. The van der Waals surface area contributed by atoms with Crippen LogP contribution in [0.1, 0.15) is 41.6 Å².